The van der Waals surface area contributed by atoms with Crippen LogP contribution >= 0.6 is 11.8 Å². The largest absolute Gasteiger partial charge is 1.00 e. The molecule has 3 saturated heterocycles. The smallest absolute Gasteiger partial charge is 0.548 e. The second-order valence-electron chi connectivity index (χ2n) is 6.86. The van der Waals surface area contributed by atoms with E-state index in [0.29, 0.717) is 26.1 Å². The van der Waals surface area contributed by atoms with Gasteiger partial charge in [0.25, 0.3) is 0 Å². The Labute approximate surface area is 209 Å². The number of fused-ring (bicyclic) bond motifs is 1. The SMILES string of the molecule is O.O=C(Cc1ccccc1)NC1C(=O)N2C(C(=O)[O-])C3(CCOCC3)S[C@@H]12.[K+]. The van der Waals surface area contributed by atoms with Crippen molar-refractivity contribution in [1.29, 1.82) is 0 Å². The summed E-state index contributed by atoms with van der Waals surface area (Å²) in [7, 11) is 0. The second kappa shape index (κ2) is 9.56. The molecule has 28 heavy (non-hydrogen) atoms. The summed E-state index contributed by atoms with van der Waals surface area (Å²) in [6.45, 7) is 0.938. The zero-order valence-corrected chi connectivity index (χ0v) is 19.5. The Hall–Kier alpha value is -0.464. The monoisotopic (exact) mass is 432 g/mol. The van der Waals surface area contributed by atoms with Gasteiger partial charge in [0.2, 0.25) is 11.8 Å². The van der Waals surface area contributed by atoms with Crippen molar-refractivity contribution in [3.05, 3.63) is 35.9 Å². The Morgan fingerprint density at radius 3 is 2.50 bits per heavy atom. The van der Waals surface area contributed by atoms with Gasteiger partial charge in [-0.1, -0.05) is 30.3 Å². The number of amides is 2. The van der Waals surface area contributed by atoms with Gasteiger partial charge in [-0.05, 0) is 18.4 Å². The van der Waals surface area contributed by atoms with Gasteiger partial charge in [-0.2, -0.15) is 0 Å². The topological polar surface area (TPSA) is 130 Å². The van der Waals surface area contributed by atoms with Crippen molar-refractivity contribution in [3.8, 4) is 0 Å². The van der Waals surface area contributed by atoms with E-state index in [4.69, 9.17) is 4.74 Å². The summed E-state index contributed by atoms with van der Waals surface area (Å²) in [5, 5.41) is 14.1. The molecule has 10 heteroatoms. The molecule has 146 valence electrons. The predicted octanol–water partition coefficient (Wildman–Crippen LogP) is -4.52. The van der Waals surface area contributed by atoms with Crippen LogP contribution in [-0.2, 0) is 25.5 Å². The Morgan fingerprint density at radius 2 is 1.89 bits per heavy atom. The van der Waals surface area contributed by atoms with Crippen LogP contribution in [0.1, 0.15) is 18.4 Å². The maximum atomic E-state index is 12.5. The van der Waals surface area contributed by atoms with Gasteiger partial charge < -0.3 is 30.3 Å². The van der Waals surface area contributed by atoms with Crippen molar-refractivity contribution in [2.45, 2.75) is 41.5 Å². The molecule has 0 aliphatic carbocycles. The normalized spacial score (nSPS) is 27.1. The molecule has 3 N–H and O–H groups in total. The summed E-state index contributed by atoms with van der Waals surface area (Å²) in [6, 6.07) is 7.63. The van der Waals surface area contributed by atoms with E-state index in [9.17, 15) is 19.5 Å². The molecular formula is C18H21KN2O6S. The van der Waals surface area contributed by atoms with Crippen LogP contribution in [0.2, 0.25) is 0 Å². The van der Waals surface area contributed by atoms with Crippen molar-refractivity contribution >= 4 is 29.5 Å². The quantitative estimate of drug-likeness (QED) is 0.377. The maximum Gasteiger partial charge on any atom is 1.00 e. The number of carboxylic acid groups (broad SMARTS) is 1. The Bertz CT molecular complexity index is 743. The van der Waals surface area contributed by atoms with Crippen molar-refractivity contribution in [3.63, 3.8) is 0 Å². The van der Waals surface area contributed by atoms with Gasteiger partial charge in [-0.15, -0.1) is 11.8 Å². The Balaban J connectivity index is 0.00000140. The fourth-order valence-electron chi connectivity index (χ4n) is 4.02. The van der Waals surface area contributed by atoms with E-state index < -0.39 is 22.8 Å². The number of ether oxygens (including phenoxy) is 1. The van der Waals surface area contributed by atoms with Crippen LogP contribution in [0.5, 0.6) is 0 Å². The summed E-state index contributed by atoms with van der Waals surface area (Å²) in [5.41, 5.74) is 0.862. The van der Waals surface area contributed by atoms with Crippen molar-refractivity contribution in [1.82, 2.24) is 10.2 Å². The Kier molecular flexibility index (Phi) is 8.13. The molecule has 3 heterocycles. The third kappa shape index (κ3) is 4.20. The fraction of sp³-hybridized carbons (Fsp3) is 0.500. The molecule has 2 unspecified atom stereocenters. The summed E-state index contributed by atoms with van der Waals surface area (Å²) in [5.74, 6) is -1.82. The number of benzene rings is 1. The van der Waals surface area contributed by atoms with Gasteiger partial charge in [-0.3, -0.25) is 9.59 Å². The van der Waals surface area contributed by atoms with E-state index >= 15 is 0 Å². The van der Waals surface area contributed by atoms with E-state index in [-0.39, 0.29) is 80.5 Å². The molecule has 3 fully saturated rings. The van der Waals surface area contributed by atoms with Crippen LogP contribution in [0, 0.1) is 0 Å². The third-order valence-corrected chi connectivity index (χ3v) is 7.14. The van der Waals surface area contributed by atoms with Crippen LogP contribution in [-0.4, -0.2) is 63.6 Å². The number of rotatable bonds is 4. The van der Waals surface area contributed by atoms with Crippen LogP contribution in [0.3, 0.4) is 0 Å². The van der Waals surface area contributed by atoms with Crippen LogP contribution in [0.15, 0.2) is 30.3 Å². The summed E-state index contributed by atoms with van der Waals surface area (Å²) < 4.78 is 4.77. The van der Waals surface area contributed by atoms with Gasteiger partial charge in [0.05, 0.1) is 18.4 Å². The third-order valence-electron chi connectivity index (χ3n) is 5.30. The number of hydrogen-bond donors (Lipinski definition) is 1. The summed E-state index contributed by atoms with van der Waals surface area (Å²) >= 11 is 1.47. The van der Waals surface area contributed by atoms with Crippen LogP contribution < -0.4 is 61.8 Å². The van der Waals surface area contributed by atoms with Crippen molar-refractivity contribution in [2.75, 3.05) is 13.2 Å². The number of nitrogens with one attached hydrogen (secondary N) is 1. The Morgan fingerprint density at radius 1 is 1.25 bits per heavy atom. The molecular weight excluding hydrogens is 411 g/mol. The summed E-state index contributed by atoms with van der Waals surface area (Å²) in [6.07, 6.45) is 1.30. The average Bonchev–Trinajstić information content (AvgIpc) is 2.92. The molecule has 2 amide bonds. The van der Waals surface area contributed by atoms with Crippen molar-refractivity contribution < 1.29 is 81.1 Å². The number of nitrogens with zero attached hydrogens (tertiary/aromatic N) is 1. The van der Waals surface area contributed by atoms with Gasteiger partial charge in [0.1, 0.15) is 11.4 Å². The molecule has 8 nitrogen and oxygen atoms in total. The molecule has 3 atom stereocenters. The average molecular weight is 433 g/mol. The molecule has 0 aromatic heterocycles. The molecule has 4 rings (SSSR count). The zero-order valence-electron chi connectivity index (χ0n) is 15.6. The molecule has 0 radical (unpaired) electrons. The number of carboxylic acids is 1. The van der Waals surface area contributed by atoms with E-state index in [2.05, 4.69) is 5.32 Å². The standard InChI is InChI=1S/C18H20N2O5S.K.H2O/c21-12(10-11-4-2-1-3-5-11)19-13-15(22)20-14(17(23)24)18(26-16(13)20)6-8-25-9-7-18;;/h1-5,13-14,16H,6-10H2,(H,19,21)(H,23,24);;1H2/q;+1;/p-1/t13?,14?,16-;;/m0../s1. The van der Waals surface area contributed by atoms with Gasteiger partial charge in [0.15, 0.2) is 0 Å². The minimum absolute atomic E-state index is 0. The number of β-lactam (4-membered cyclic amide) rings is 1. The summed E-state index contributed by atoms with van der Waals surface area (Å²) in [4.78, 5) is 37.9. The fourth-order valence-corrected chi connectivity index (χ4v) is 5.90. The van der Waals surface area contributed by atoms with E-state index in [0.717, 1.165) is 5.56 Å². The minimum Gasteiger partial charge on any atom is -0.548 e. The van der Waals surface area contributed by atoms with Crippen LogP contribution in [0.25, 0.3) is 0 Å². The molecule has 3 aliphatic rings. The number of hydrogen-bond acceptors (Lipinski definition) is 6. The zero-order chi connectivity index (χ0) is 18.3. The first kappa shape index (κ1) is 23.8. The molecule has 0 saturated carbocycles. The molecule has 1 aromatic carbocycles. The molecule has 1 spiro atoms. The molecule has 1 aromatic rings. The first-order chi connectivity index (χ1) is 12.5. The predicted molar refractivity (Wildman–Crippen MR) is 95.5 cm³/mol. The van der Waals surface area contributed by atoms with E-state index in [1.54, 1.807) is 0 Å². The first-order valence-corrected chi connectivity index (χ1v) is 9.52. The van der Waals surface area contributed by atoms with E-state index in [1.165, 1.54) is 16.7 Å². The van der Waals surface area contributed by atoms with Gasteiger partial charge >= 0.3 is 51.4 Å². The molecule has 0 bridgehead atoms. The first-order valence-electron chi connectivity index (χ1n) is 8.64. The maximum absolute atomic E-state index is 12.5. The number of carbonyl (C=O) groups excluding carboxylic acids is 3. The minimum atomic E-state index is -1.23. The van der Waals surface area contributed by atoms with Gasteiger partial charge in [0, 0.05) is 18.0 Å². The van der Waals surface area contributed by atoms with Crippen LogP contribution in [0.4, 0.5) is 0 Å². The molecule has 3 aliphatic heterocycles. The number of carbonyl (C=O) groups is 3. The van der Waals surface area contributed by atoms with E-state index in [1.807, 2.05) is 30.3 Å². The number of aliphatic carboxylic acids is 1. The second-order valence-corrected chi connectivity index (χ2v) is 8.39. The number of thioether (sulfide) groups is 1. The van der Waals surface area contributed by atoms with Crippen molar-refractivity contribution in [2.24, 2.45) is 0 Å². The van der Waals surface area contributed by atoms with Gasteiger partial charge in [-0.25, -0.2) is 0 Å².